The molecule has 2 N–H and O–H groups in total. The Morgan fingerprint density at radius 3 is 2.78 bits per heavy atom. The average Bonchev–Trinajstić information content (AvgIpc) is 2.37. The zero-order chi connectivity index (χ0) is 13.4. The van der Waals surface area contributed by atoms with Crippen LogP contribution in [0.2, 0.25) is 0 Å². The van der Waals surface area contributed by atoms with Crippen molar-refractivity contribution in [2.45, 2.75) is 26.7 Å². The molecule has 0 unspecified atom stereocenters. The van der Waals surface area contributed by atoms with E-state index in [0.29, 0.717) is 16.4 Å². The van der Waals surface area contributed by atoms with Gasteiger partial charge in [0.1, 0.15) is 5.82 Å². The summed E-state index contributed by atoms with van der Waals surface area (Å²) in [6, 6.07) is 6.52. The van der Waals surface area contributed by atoms with E-state index in [0.717, 1.165) is 19.4 Å². The fourth-order valence-electron chi connectivity index (χ4n) is 1.37. The normalized spacial score (nSPS) is 11.2. The predicted molar refractivity (Wildman–Crippen MR) is 77.3 cm³/mol. The first-order valence-electron chi connectivity index (χ1n) is 5.98. The van der Waals surface area contributed by atoms with Gasteiger partial charge in [-0.15, -0.1) is 0 Å². The lowest BCUT2D eigenvalue weighted by molar-refractivity contribution is 0.625. The van der Waals surface area contributed by atoms with Gasteiger partial charge in [0.25, 0.3) is 0 Å². The molecule has 0 fully saturated rings. The summed E-state index contributed by atoms with van der Waals surface area (Å²) in [5.41, 5.74) is 3.74. The highest BCUT2D eigenvalue weighted by molar-refractivity contribution is 7.80. The Labute approximate surface area is 112 Å². The number of nitrogens with one attached hydrogen (secondary N) is 2. The van der Waals surface area contributed by atoms with E-state index in [-0.39, 0.29) is 5.82 Å². The predicted octanol–water partition coefficient (Wildman–Crippen LogP) is 2.81. The molecule has 0 radical (unpaired) electrons. The minimum Gasteiger partial charge on any atom is -0.361 e. The van der Waals surface area contributed by atoms with Gasteiger partial charge in [-0.05, 0) is 31.6 Å². The van der Waals surface area contributed by atoms with E-state index in [4.69, 9.17) is 12.2 Å². The molecular weight excluding hydrogens is 249 g/mol. The lowest BCUT2D eigenvalue weighted by Gasteiger charge is -2.07. The van der Waals surface area contributed by atoms with E-state index in [1.54, 1.807) is 25.1 Å². The Bertz CT molecular complexity index is 432. The third-order valence-corrected chi connectivity index (χ3v) is 2.64. The van der Waals surface area contributed by atoms with Gasteiger partial charge >= 0.3 is 0 Å². The zero-order valence-electron chi connectivity index (χ0n) is 10.7. The number of halogens is 1. The van der Waals surface area contributed by atoms with Crippen LogP contribution in [0.4, 0.5) is 4.39 Å². The Morgan fingerprint density at radius 2 is 2.11 bits per heavy atom. The van der Waals surface area contributed by atoms with Crippen molar-refractivity contribution in [2.24, 2.45) is 5.10 Å². The second-order valence-corrected chi connectivity index (χ2v) is 4.31. The number of unbranched alkanes of at least 4 members (excludes halogenated alkanes) is 1. The molecule has 0 aromatic heterocycles. The fourth-order valence-corrected chi connectivity index (χ4v) is 1.52. The van der Waals surface area contributed by atoms with Crippen LogP contribution in [0, 0.1) is 5.82 Å². The molecule has 0 saturated carbocycles. The van der Waals surface area contributed by atoms with Crippen molar-refractivity contribution in [2.75, 3.05) is 6.54 Å². The number of benzene rings is 1. The summed E-state index contributed by atoms with van der Waals surface area (Å²) in [4.78, 5) is 0. The lowest BCUT2D eigenvalue weighted by atomic mass is 10.1. The number of hydrogen-bond donors (Lipinski definition) is 2. The summed E-state index contributed by atoms with van der Waals surface area (Å²) in [5.74, 6) is -0.287. The summed E-state index contributed by atoms with van der Waals surface area (Å²) >= 11 is 5.05. The van der Waals surface area contributed by atoms with E-state index >= 15 is 0 Å². The van der Waals surface area contributed by atoms with E-state index in [9.17, 15) is 4.39 Å². The maximum absolute atomic E-state index is 13.5. The number of hydrazone groups is 1. The lowest BCUT2D eigenvalue weighted by Crippen LogP contribution is -2.33. The van der Waals surface area contributed by atoms with Crippen molar-refractivity contribution in [3.63, 3.8) is 0 Å². The monoisotopic (exact) mass is 267 g/mol. The van der Waals surface area contributed by atoms with Gasteiger partial charge in [-0.25, -0.2) is 4.39 Å². The van der Waals surface area contributed by atoms with Crippen LogP contribution in [-0.4, -0.2) is 17.4 Å². The van der Waals surface area contributed by atoms with Gasteiger partial charge < -0.3 is 5.32 Å². The third-order valence-electron chi connectivity index (χ3n) is 2.40. The van der Waals surface area contributed by atoms with Gasteiger partial charge in [-0.1, -0.05) is 31.5 Å². The SMILES string of the molecule is CCCCNC(=S)NN=C(C)c1ccccc1F. The Morgan fingerprint density at radius 1 is 1.39 bits per heavy atom. The molecule has 1 aromatic rings. The third kappa shape index (κ3) is 4.79. The Hall–Kier alpha value is -1.49. The van der Waals surface area contributed by atoms with Crippen molar-refractivity contribution in [3.8, 4) is 0 Å². The Balaban J connectivity index is 2.52. The highest BCUT2D eigenvalue weighted by atomic mass is 32.1. The summed E-state index contributed by atoms with van der Waals surface area (Å²) in [7, 11) is 0. The van der Waals surface area contributed by atoms with Gasteiger partial charge in [-0.3, -0.25) is 5.43 Å². The molecule has 3 nitrogen and oxygen atoms in total. The second-order valence-electron chi connectivity index (χ2n) is 3.90. The van der Waals surface area contributed by atoms with Gasteiger partial charge in [0.2, 0.25) is 0 Å². The van der Waals surface area contributed by atoms with Crippen molar-refractivity contribution in [1.82, 2.24) is 10.7 Å². The van der Waals surface area contributed by atoms with Gasteiger partial charge in [0.15, 0.2) is 5.11 Å². The van der Waals surface area contributed by atoms with E-state index in [2.05, 4.69) is 22.8 Å². The van der Waals surface area contributed by atoms with Crippen molar-refractivity contribution < 1.29 is 4.39 Å². The van der Waals surface area contributed by atoms with Crippen LogP contribution in [-0.2, 0) is 0 Å². The van der Waals surface area contributed by atoms with Crippen LogP contribution < -0.4 is 10.7 Å². The molecule has 1 aromatic carbocycles. The highest BCUT2D eigenvalue weighted by Gasteiger charge is 2.03. The summed E-state index contributed by atoms with van der Waals surface area (Å²) < 4.78 is 13.5. The molecule has 18 heavy (non-hydrogen) atoms. The molecular formula is C13H18FN3S. The van der Waals surface area contributed by atoms with Crippen molar-refractivity contribution >= 4 is 23.0 Å². The molecule has 0 saturated heterocycles. The highest BCUT2D eigenvalue weighted by Crippen LogP contribution is 2.07. The van der Waals surface area contributed by atoms with Crippen LogP contribution in [0.5, 0.6) is 0 Å². The number of thiocarbonyl (C=S) groups is 1. The summed E-state index contributed by atoms with van der Waals surface area (Å²) in [6.45, 7) is 4.66. The number of hydrogen-bond acceptors (Lipinski definition) is 2. The fraction of sp³-hybridized carbons (Fsp3) is 0.385. The molecule has 1 rings (SSSR count). The largest absolute Gasteiger partial charge is 0.361 e. The van der Waals surface area contributed by atoms with Gasteiger partial charge in [-0.2, -0.15) is 5.10 Å². The minimum atomic E-state index is -0.287. The van der Waals surface area contributed by atoms with Crippen LogP contribution in [0.1, 0.15) is 32.3 Å². The van der Waals surface area contributed by atoms with Crippen LogP contribution in [0.15, 0.2) is 29.4 Å². The van der Waals surface area contributed by atoms with Crippen LogP contribution in [0.3, 0.4) is 0 Å². The molecule has 0 spiro atoms. The summed E-state index contributed by atoms with van der Waals surface area (Å²) in [5, 5.41) is 7.54. The topological polar surface area (TPSA) is 36.4 Å². The first kappa shape index (κ1) is 14.6. The molecule has 0 amide bonds. The summed E-state index contributed by atoms with van der Waals surface area (Å²) in [6.07, 6.45) is 2.16. The Kier molecular flexibility index (Phi) is 6.28. The zero-order valence-corrected chi connectivity index (χ0v) is 11.5. The molecule has 0 aliphatic carbocycles. The molecule has 5 heteroatoms. The molecule has 98 valence electrons. The van der Waals surface area contributed by atoms with E-state index in [1.165, 1.54) is 6.07 Å². The number of nitrogens with zero attached hydrogens (tertiary/aromatic N) is 1. The van der Waals surface area contributed by atoms with Crippen LogP contribution >= 0.6 is 12.2 Å². The number of rotatable bonds is 5. The van der Waals surface area contributed by atoms with Gasteiger partial charge in [0, 0.05) is 12.1 Å². The molecule has 0 aliphatic rings. The smallest absolute Gasteiger partial charge is 0.186 e. The van der Waals surface area contributed by atoms with Crippen molar-refractivity contribution in [1.29, 1.82) is 0 Å². The first-order valence-corrected chi connectivity index (χ1v) is 6.39. The first-order chi connectivity index (χ1) is 8.65. The maximum atomic E-state index is 13.5. The van der Waals surface area contributed by atoms with E-state index < -0.39 is 0 Å². The molecule has 0 bridgehead atoms. The van der Waals surface area contributed by atoms with Gasteiger partial charge in [0.05, 0.1) is 5.71 Å². The van der Waals surface area contributed by atoms with E-state index in [1.807, 2.05) is 0 Å². The van der Waals surface area contributed by atoms with Crippen LogP contribution in [0.25, 0.3) is 0 Å². The molecule has 0 atom stereocenters. The minimum absolute atomic E-state index is 0.287. The average molecular weight is 267 g/mol. The maximum Gasteiger partial charge on any atom is 0.186 e. The van der Waals surface area contributed by atoms with Crippen molar-refractivity contribution in [3.05, 3.63) is 35.6 Å². The molecule has 0 heterocycles. The quantitative estimate of drug-likeness (QED) is 0.373. The molecule has 0 aliphatic heterocycles. The second kappa shape index (κ2) is 7.76. The standard InChI is InChI=1S/C13H18FN3S/c1-3-4-9-15-13(18)17-16-10(2)11-7-5-6-8-12(11)14/h5-8H,3-4,9H2,1-2H3,(H2,15,17,18).